The van der Waals surface area contributed by atoms with Gasteiger partial charge in [0.15, 0.2) is 0 Å². The van der Waals surface area contributed by atoms with E-state index in [4.69, 9.17) is 9.47 Å². The summed E-state index contributed by atoms with van der Waals surface area (Å²) in [5, 5.41) is 7.97. The van der Waals surface area contributed by atoms with Gasteiger partial charge in [-0.15, -0.1) is 0 Å². The molecule has 3 amide bonds. The molecule has 0 fully saturated rings. The number of amides is 3. The van der Waals surface area contributed by atoms with Gasteiger partial charge in [0.25, 0.3) is 0 Å². The van der Waals surface area contributed by atoms with Crippen molar-refractivity contribution in [2.24, 2.45) is 0 Å². The Bertz CT molecular complexity index is 567. The Labute approximate surface area is 136 Å². The van der Waals surface area contributed by atoms with Gasteiger partial charge in [0.1, 0.15) is 17.5 Å². The average Bonchev–Trinajstić information content (AvgIpc) is 2.45. The van der Waals surface area contributed by atoms with E-state index in [9.17, 15) is 9.59 Å². The number of nitrogens with one attached hydrogen (secondary N) is 3. The van der Waals surface area contributed by atoms with E-state index in [0.29, 0.717) is 17.2 Å². The highest BCUT2D eigenvalue weighted by Crippen LogP contribution is 2.29. The van der Waals surface area contributed by atoms with Crippen LogP contribution in [0.25, 0.3) is 0 Å². The highest BCUT2D eigenvalue weighted by atomic mass is 16.5. The SMILES string of the molecule is COc1ccc(NC(C)C(=O)NC(=O)NC(C)(C)C)c(OC)c1. The third kappa shape index (κ3) is 6.06. The number of hydrogen-bond donors (Lipinski definition) is 3. The second-order valence-corrected chi connectivity index (χ2v) is 6.13. The number of hydrogen-bond acceptors (Lipinski definition) is 5. The first kappa shape index (κ1) is 18.6. The van der Waals surface area contributed by atoms with E-state index < -0.39 is 23.5 Å². The predicted octanol–water partition coefficient (Wildman–Crippen LogP) is 2.13. The number of carbonyl (C=O) groups excluding carboxylic acids is 2. The molecule has 0 aliphatic heterocycles. The van der Waals surface area contributed by atoms with Crippen LogP contribution in [0.3, 0.4) is 0 Å². The molecule has 0 bridgehead atoms. The molecule has 1 aromatic carbocycles. The zero-order chi connectivity index (χ0) is 17.6. The maximum Gasteiger partial charge on any atom is 0.321 e. The Kier molecular flexibility index (Phi) is 6.24. The Morgan fingerprint density at radius 2 is 1.78 bits per heavy atom. The molecule has 0 aliphatic carbocycles. The minimum absolute atomic E-state index is 0.416. The molecule has 0 saturated carbocycles. The van der Waals surface area contributed by atoms with Crippen LogP contribution >= 0.6 is 0 Å². The number of methoxy groups -OCH3 is 2. The summed E-state index contributed by atoms with van der Waals surface area (Å²) >= 11 is 0. The summed E-state index contributed by atoms with van der Waals surface area (Å²) in [4.78, 5) is 23.8. The molecule has 0 aliphatic rings. The first-order chi connectivity index (χ1) is 10.7. The van der Waals surface area contributed by atoms with Crippen LogP contribution in [-0.2, 0) is 4.79 Å². The molecule has 0 heterocycles. The Morgan fingerprint density at radius 1 is 1.13 bits per heavy atom. The van der Waals surface area contributed by atoms with Gasteiger partial charge in [0, 0.05) is 11.6 Å². The van der Waals surface area contributed by atoms with Crippen LogP contribution in [0.4, 0.5) is 10.5 Å². The zero-order valence-electron chi connectivity index (χ0n) is 14.4. The lowest BCUT2D eigenvalue weighted by Gasteiger charge is -2.22. The van der Waals surface area contributed by atoms with E-state index in [1.807, 2.05) is 20.8 Å². The number of rotatable bonds is 5. The molecule has 7 nitrogen and oxygen atoms in total. The summed E-state index contributed by atoms with van der Waals surface area (Å²) in [6.07, 6.45) is 0. The molecular weight excluding hydrogens is 298 g/mol. The third-order valence-electron chi connectivity index (χ3n) is 2.90. The molecule has 1 rings (SSSR count). The molecule has 7 heteroatoms. The van der Waals surface area contributed by atoms with Gasteiger partial charge < -0.3 is 20.1 Å². The Hall–Kier alpha value is -2.44. The lowest BCUT2D eigenvalue weighted by molar-refractivity contribution is -0.120. The lowest BCUT2D eigenvalue weighted by atomic mass is 10.1. The summed E-state index contributed by atoms with van der Waals surface area (Å²) < 4.78 is 10.4. The average molecular weight is 323 g/mol. The molecule has 0 radical (unpaired) electrons. The van der Waals surface area contributed by atoms with Crippen LogP contribution in [-0.4, -0.2) is 37.7 Å². The number of ether oxygens (including phenoxy) is 2. The smallest absolute Gasteiger partial charge is 0.321 e. The van der Waals surface area contributed by atoms with Crippen LogP contribution in [0.1, 0.15) is 27.7 Å². The van der Waals surface area contributed by atoms with Gasteiger partial charge in [-0.2, -0.15) is 0 Å². The lowest BCUT2D eigenvalue weighted by Crippen LogP contribution is -2.51. The van der Waals surface area contributed by atoms with Gasteiger partial charge >= 0.3 is 6.03 Å². The maximum absolute atomic E-state index is 12.1. The van der Waals surface area contributed by atoms with Crippen LogP contribution in [0, 0.1) is 0 Å². The molecule has 3 N–H and O–H groups in total. The Balaban J connectivity index is 2.70. The summed E-state index contributed by atoms with van der Waals surface area (Å²) in [6, 6.07) is 4.05. The molecule has 0 spiro atoms. The van der Waals surface area contributed by atoms with E-state index in [2.05, 4.69) is 16.0 Å². The van der Waals surface area contributed by atoms with Gasteiger partial charge in [-0.25, -0.2) is 4.79 Å². The number of imide groups is 1. The van der Waals surface area contributed by atoms with Gasteiger partial charge in [-0.3, -0.25) is 10.1 Å². The molecule has 1 atom stereocenters. The maximum atomic E-state index is 12.1. The van der Waals surface area contributed by atoms with Crippen molar-refractivity contribution in [1.82, 2.24) is 10.6 Å². The Morgan fingerprint density at radius 3 is 2.30 bits per heavy atom. The normalized spacial score (nSPS) is 12.1. The zero-order valence-corrected chi connectivity index (χ0v) is 14.4. The third-order valence-corrected chi connectivity index (χ3v) is 2.90. The molecular formula is C16H25N3O4. The number of anilines is 1. The summed E-state index contributed by atoms with van der Waals surface area (Å²) in [6.45, 7) is 7.16. The van der Waals surface area contributed by atoms with Gasteiger partial charge in [-0.05, 0) is 39.8 Å². The standard InChI is InChI=1S/C16H25N3O4/c1-10(14(20)18-15(21)19-16(2,3)4)17-12-8-7-11(22-5)9-13(12)23-6/h7-10,17H,1-6H3,(H2,18,19,20,21). The first-order valence-electron chi connectivity index (χ1n) is 7.28. The molecule has 128 valence electrons. The fourth-order valence-corrected chi connectivity index (χ4v) is 1.81. The van der Waals surface area contributed by atoms with Gasteiger partial charge in [0.05, 0.1) is 19.9 Å². The highest BCUT2D eigenvalue weighted by molar-refractivity contribution is 5.98. The number of benzene rings is 1. The van der Waals surface area contributed by atoms with Crippen molar-refractivity contribution in [3.05, 3.63) is 18.2 Å². The van der Waals surface area contributed by atoms with Crippen LogP contribution in [0.15, 0.2) is 18.2 Å². The van der Waals surface area contributed by atoms with Crippen LogP contribution in [0.2, 0.25) is 0 Å². The van der Waals surface area contributed by atoms with Crippen LogP contribution < -0.4 is 25.4 Å². The first-order valence-corrected chi connectivity index (χ1v) is 7.28. The molecule has 0 saturated heterocycles. The topological polar surface area (TPSA) is 88.7 Å². The van der Waals surface area contributed by atoms with Crippen molar-refractivity contribution >= 4 is 17.6 Å². The number of carbonyl (C=O) groups is 2. The fraction of sp³-hybridized carbons (Fsp3) is 0.500. The molecule has 23 heavy (non-hydrogen) atoms. The quantitative estimate of drug-likeness (QED) is 0.772. The predicted molar refractivity (Wildman–Crippen MR) is 89.1 cm³/mol. The van der Waals surface area contributed by atoms with Gasteiger partial charge in [0.2, 0.25) is 5.91 Å². The second-order valence-electron chi connectivity index (χ2n) is 6.13. The molecule has 1 unspecified atom stereocenters. The summed E-state index contributed by atoms with van der Waals surface area (Å²) in [5.74, 6) is 0.752. The van der Waals surface area contributed by atoms with Crippen molar-refractivity contribution in [1.29, 1.82) is 0 Å². The van der Waals surface area contributed by atoms with E-state index in [-0.39, 0.29) is 0 Å². The monoisotopic (exact) mass is 323 g/mol. The summed E-state index contributed by atoms with van der Waals surface area (Å²) in [5.41, 5.74) is 0.215. The molecule has 0 aromatic heterocycles. The van der Waals surface area contributed by atoms with Crippen molar-refractivity contribution in [3.8, 4) is 11.5 Å². The van der Waals surface area contributed by atoms with Crippen molar-refractivity contribution in [3.63, 3.8) is 0 Å². The van der Waals surface area contributed by atoms with E-state index >= 15 is 0 Å². The highest BCUT2D eigenvalue weighted by Gasteiger charge is 2.20. The molecule has 1 aromatic rings. The van der Waals surface area contributed by atoms with Crippen LogP contribution in [0.5, 0.6) is 11.5 Å². The minimum Gasteiger partial charge on any atom is -0.497 e. The van der Waals surface area contributed by atoms with E-state index in [1.54, 1.807) is 32.2 Å². The minimum atomic E-state index is -0.622. The summed E-state index contributed by atoms with van der Waals surface area (Å²) in [7, 11) is 3.09. The van der Waals surface area contributed by atoms with Gasteiger partial charge in [-0.1, -0.05) is 0 Å². The largest absolute Gasteiger partial charge is 0.497 e. The van der Waals surface area contributed by atoms with E-state index in [1.165, 1.54) is 7.11 Å². The fourth-order valence-electron chi connectivity index (χ4n) is 1.81. The van der Waals surface area contributed by atoms with Crippen molar-refractivity contribution in [2.45, 2.75) is 39.3 Å². The van der Waals surface area contributed by atoms with Crippen molar-refractivity contribution in [2.75, 3.05) is 19.5 Å². The number of urea groups is 1. The van der Waals surface area contributed by atoms with E-state index in [0.717, 1.165) is 0 Å². The second kappa shape index (κ2) is 7.71. The van der Waals surface area contributed by atoms with Crippen molar-refractivity contribution < 1.29 is 19.1 Å².